The van der Waals surface area contributed by atoms with Gasteiger partial charge in [-0.1, -0.05) is 0 Å². The van der Waals surface area contributed by atoms with E-state index in [0.29, 0.717) is 5.82 Å². The Kier molecular flexibility index (Phi) is 4.41. The second-order valence-electron chi connectivity index (χ2n) is 8.32. The maximum absolute atomic E-state index is 13.3. The average Bonchev–Trinajstić information content (AvgIpc) is 3.60. The zero-order valence-corrected chi connectivity index (χ0v) is 17.1. The van der Waals surface area contributed by atoms with Crippen molar-refractivity contribution in [2.24, 2.45) is 0 Å². The normalized spacial score (nSPS) is 17.7. The molecule has 0 saturated heterocycles. The van der Waals surface area contributed by atoms with E-state index in [1.165, 1.54) is 0 Å². The first-order valence-corrected chi connectivity index (χ1v) is 10.2. The summed E-state index contributed by atoms with van der Waals surface area (Å²) in [5, 5.41) is 19.2. The first-order chi connectivity index (χ1) is 14.8. The summed E-state index contributed by atoms with van der Waals surface area (Å²) < 4.78 is 41.9. The molecular formula is C19H22F3N9. The quantitative estimate of drug-likeness (QED) is 0.586. The lowest BCUT2D eigenvalue weighted by molar-refractivity contribution is -0.137. The molecule has 0 aliphatic heterocycles. The Bertz CT molecular complexity index is 1080. The van der Waals surface area contributed by atoms with Crippen molar-refractivity contribution in [2.75, 3.05) is 10.6 Å². The predicted octanol–water partition coefficient (Wildman–Crippen LogP) is 3.72. The highest BCUT2D eigenvalue weighted by atomic mass is 19.4. The van der Waals surface area contributed by atoms with Crippen LogP contribution >= 0.6 is 0 Å². The zero-order valence-electron chi connectivity index (χ0n) is 17.1. The van der Waals surface area contributed by atoms with Crippen molar-refractivity contribution in [3.05, 3.63) is 35.9 Å². The van der Waals surface area contributed by atoms with Crippen molar-refractivity contribution in [1.29, 1.82) is 0 Å². The Hall–Kier alpha value is -3.18. The first kappa shape index (κ1) is 19.8. The Labute approximate surface area is 176 Å². The molecule has 0 radical (unpaired) electrons. The van der Waals surface area contributed by atoms with Gasteiger partial charge in [-0.25, -0.2) is 9.67 Å². The smallest absolute Gasteiger partial charge is 0.367 e. The van der Waals surface area contributed by atoms with Crippen molar-refractivity contribution in [1.82, 2.24) is 34.7 Å². The molecule has 3 heterocycles. The maximum Gasteiger partial charge on any atom is 0.421 e. The molecule has 12 heteroatoms. The number of hydrogen-bond acceptors (Lipinski definition) is 7. The van der Waals surface area contributed by atoms with Gasteiger partial charge in [-0.05, 0) is 39.5 Å². The summed E-state index contributed by atoms with van der Waals surface area (Å²) in [6.07, 6.45) is 3.27. The molecule has 0 bridgehead atoms. The molecule has 2 aliphatic rings. The molecule has 0 spiro atoms. The number of halogens is 3. The van der Waals surface area contributed by atoms with Crippen LogP contribution in [0.1, 0.15) is 56.8 Å². The molecule has 9 nitrogen and oxygen atoms in total. The van der Waals surface area contributed by atoms with Crippen molar-refractivity contribution >= 4 is 17.6 Å². The van der Waals surface area contributed by atoms with Crippen LogP contribution in [0.15, 0.2) is 24.7 Å². The third-order valence-electron chi connectivity index (χ3n) is 5.39. The van der Waals surface area contributed by atoms with Crippen LogP contribution in [0, 0.1) is 0 Å². The Morgan fingerprint density at radius 3 is 2.45 bits per heavy atom. The number of nitrogens with one attached hydrogen (secondary N) is 2. The largest absolute Gasteiger partial charge is 0.421 e. The van der Waals surface area contributed by atoms with Gasteiger partial charge in [0.2, 0.25) is 5.95 Å². The van der Waals surface area contributed by atoms with Crippen LogP contribution in [0.4, 0.5) is 30.8 Å². The van der Waals surface area contributed by atoms with Crippen LogP contribution in [-0.4, -0.2) is 40.8 Å². The first-order valence-electron chi connectivity index (χ1n) is 10.2. The second kappa shape index (κ2) is 6.92. The summed E-state index contributed by atoms with van der Waals surface area (Å²) in [7, 11) is 0. The van der Waals surface area contributed by atoms with Crippen LogP contribution < -0.4 is 10.6 Å². The van der Waals surface area contributed by atoms with Gasteiger partial charge in [0.15, 0.2) is 0 Å². The van der Waals surface area contributed by atoms with Gasteiger partial charge in [0.05, 0.1) is 24.1 Å². The van der Waals surface area contributed by atoms with E-state index < -0.39 is 11.7 Å². The van der Waals surface area contributed by atoms with Crippen LogP contribution in [0.2, 0.25) is 0 Å². The Morgan fingerprint density at radius 1 is 1.16 bits per heavy atom. The Balaban J connectivity index is 1.48. The maximum atomic E-state index is 13.3. The third-order valence-corrected chi connectivity index (χ3v) is 5.39. The van der Waals surface area contributed by atoms with Crippen LogP contribution in [0.3, 0.4) is 0 Å². The molecule has 0 amide bonds. The van der Waals surface area contributed by atoms with Crippen LogP contribution in [0.25, 0.3) is 0 Å². The lowest BCUT2D eigenvalue weighted by Gasteiger charge is -2.16. The highest BCUT2D eigenvalue weighted by molar-refractivity contribution is 5.55. The fourth-order valence-electron chi connectivity index (χ4n) is 3.57. The fraction of sp³-hybridized carbons (Fsp3) is 0.526. The summed E-state index contributed by atoms with van der Waals surface area (Å²) in [6, 6.07) is 1.93. The fourth-order valence-corrected chi connectivity index (χ4v) is 3.57. The standard InChI is InChI=1S/C19H22F3N9/c1-11(2)26-16-13(19(20,21)22)10-23-17(28-16)27-15-9-14(29-30(15)12-3-4-12)18(5-6-18)31-24-7-8-25-31/h7-12H,3-6H2,1-2H3,(H2,23,26,27,28). The van der Waals surface area contributed by atoms with Gasteiger partial charge in [0.25, 0.3) is 0 Å². The van der Waals surface area contributed by atoms with E-state index in [9.17, 15) is 13.2 Å². The summed E-state index contributed by atoms with van der Waals surface area (Å²) in [5.74, 6) is 0.467. The van der Waals surface area contributed by atoms with Gasteiger partial charge < -0.3 is 10.6 Å². The van der Waals surface area contributed by atoms with Gasteiger partial charge in [0.1, 0.15) is 22.7 Å². The van der Waals surface area contributed by atoms with Gasteiger partial charge >= 0.3 is 6.18 Å². The van der Waals surface area contributed by atoms with Gasteiger partial charge in [0, 0.05) is 18.3 Å². The molecule has 0 atom stereocenters. The predicted molar refractivity (Wildman–Crippen MR) is 106 cm³/mol. The van der Waals surface area contributed by atoms with Crippen molar-refractivity contribution in [3.8, 4) is 0 Å². The molecule has 5 rings (SSSR count). The van der Waals surface area contributed by atoms with E-state index in [-0.39, 0.29) is 29.4 Å². The average molecular weight is 433 g/mol. The van der Waals surface area contributed by atoms with Crippen molar-refractivity contribution in [2.45, 2.75) is 63.3 Å². The highest BCUT2D eigenvalue weighted by Crippen LogP contribution is 2.49. The molecule has 0 unspecified atom stereocenters. The van der Waals surface area contributed by atoms with E-state index in [0.717, 1.165) is 37.6 Å². The van der Waals surface area contributed by atoms with E-state index >= 15 is 0 Å². The third kappa shape index (κ3) is 3.70. The topological polar surface area (TPSA) is 98.4 Å². The van der Waals surface area contributed by atoms with Crippen molar-refractivity contribution < 1.29 is 13.2 Å². The monoisotopic (exact) mass is 433 g/mol. The SMILES string of the molecule is CC(C)Nc1nc(Nc2cc(C3(n4nccn4)CC3)nn2C2CC2)ncc1C(F)(F)F. The molecular weight excluding hydrogens is 411 g/mol. The summed E-state index contributed by atoms with van der Waals surface area (Å²) in [5.41, 5.74) is -0.443. The van der Waals surface area contributed by atoms with E-state index in [1.807, 2.05) is 10.7 Å². The number of anilines is 3. The number of nitrogens with zero attached hydrogens (tertiary/aromatic N) is 7. The van der Waals surface area contributed by atoms with Gasteiger partial charge in [-0.15, -0.1) is 0 Å². The minimum atomic E-state index is -4.55. The number of alkyl halides is 3. The summed E-state index contributed by atoms with van der Waals surface area (Å²) >= 11 is 0. The van der Waals surface area contributed by atoms with Crippen LogP contribution in [-0.2, 0) is 11.7 Å². The minimum Gasteiger partial charge on any atom is -0.367 e. The van der Waals surface area contributed by atoms with E-state index in [4.69, 9.17) is 5.10 Å². The highest BCUT2D eigenvalue weighted by Gasteiger charge is 2.51. The van der Waals surface area contributed by atoms with Gasteiger partial charge in [-0.3, -0.25) is 0 Å². The molecule has 3 aromatic heterocycles. The zero-order chi connectivity index (χ0) is 21.8. The van der Waals surface area contributed by atoms with Crippen LogP contribution in [0.5, 0.6) is 0 Å². The lowest BCUT2D eigenvalue weighted by atomic mass is 10.2. The Morgan fingerprint density at radius 2 is 1.87 bits per heavy atom. The summed E-state index contributed by atoms with van der Waals surface area (Å²) in [6.45, 7) is 3.50. The molecule has 164 valence electrons. The number of hydrogen-bond donors (Lipinski definition) is 2. The van der Waals surface area contributed by atoms with Crippen molar-refractivity contribution in [3.63, 3.8) is 0 Å². The molecule has 2 aliphatic carbocycles. The summed E-state index contributed by atoms with van der Waals surface area (Å²) in [4.78, 5) is 9.70. The van der Waals surface area contributed by atoms with E-state index in [1.54, 1.807) is 31.0 Å². The number of aromatic nitrogens is 7. The molecule has 31 heavy (non-hydrogen) atoms. The van der Waals surface area contributed by atoms with Gasteiger partial charge in [-0.2, -0.15) is 38.2 Å². The molecule has 2 saturated carbocycles. The minimum absolute atomic E-state index is 0.0755. The van der Waals surface area contributed by atoms with E-state index in [2.05, 4.69) is 30.8 Å². The molecule has 2 N–H and O–H groups in total. The second-order valence-corrected chi connectivity index (χ2v) is 8.32. The molecule has 0 aromatic carbocycles. The molecule has 2 fully saturated rings. The lowest BCUT2D eigenvalue weighted by Crippen LogP contribution is -2.22. The molecule has 3 aromatic rings. The number of rotatable bonds is 7.